The predicted molar refractivity (Wildman–Crippen MR) is 125 cm³/mol. The molecule has 1 heterocycles. The van der Waals surface area contributed by atoms with E-state index in [2.05, 4.69) is 17.4 Å². The lowest BCUT2D eigenvalue weighted by Crippen LogP contribution is -2.45. The van der Waals surface area contributed by atoms with E-state index in [0.717, 1.165) is 28.7 Å². The number of fused-ring (bicyclic) bond motifs is 3. The van der Waals surface area contributed by atoms with Gasteiger partial charge in [0.2, 0.25) is 5.91 Å². The van der Waals surface area contributed by atoms with Crippen molar-refractivity contribution < 1.29 is 29.3 Å². The molecule has 1 fully saturated rings. The molecule has 3 N–H and O–H groups in total. The third-order valence-electron chi connectivity index (χ3n) is 6.61. The number of rotatable bonds is 8. The van der Waals surface area contributed by atoms with Gasteiger partial charge in [-0.2, -0.15) is 0 Å². The zero-order valence-corrected chi connectivity index (χ0v) is 19.1. The number of ether oxygens (including phenoxy) is 1. The van der Waals surface area contributed by atoms with E-state index in [4.69, 9.17) is 4.74 Å². The highest BCUT2D eigenvalue weighted by molar-refractivity contribution is 5.85. The van der Waals surface area contributed by atoms with Crippen molar-refractivity contribution in [3.63, 3.8) is 0 Å². The van der Waals surface area contributed by atoms with E-state index < -0.39 is 36.2 Å². The van der Waals surface area contributed by atoms with Gasteiger partial charge in [-0.1, -0.05) is 61.9 Å². The number of nitrogens with zero attached hydrogens (tertiary/aromatic N) is 1. The van der Waals surface area contributed by atoms with Gasteiger partial charge in [-0.15, -0.1) is 0 Å². The zero-order valence-electron chi connectivity index (χ0n) is 19.1. The number of benzene rings is 2. The van der Waals surface area contributed by atoms with E-state index in [0.29, 0.717) is 6.42 Å². The number of carbonyl (C=O) groups excluding carboxylic acids is 2. The SMILES string of the molecule is CCC[C@H](CC(=O)N1C[C@H](O)C[C@@H]1C(=O)O)NC(=O)OCC1c2ccccc2-c2ccccc21. The van der Waals surface area contributed by atoms with Gasteiger partial charge in [-0.05, 0) is 28.7 Å². The molecule has 0 spiro atoms. The number of likely N-dealkylation sites (tertiary alicyclic amines) is 1. The van der Waals surface area contributed by atoms with Crippen LogP contribution in [0.3, 0.4) is 0 Å². The summed E-state index contributed by atoms with van der Waals surface area (Å²) in [5.41, 5.74) is 4.51. The van der Waals surface area contributed by atoms with Crippen LogP contribution in [0.1, 0.15) is 49.7 Å². The number of hydrogen-bond acceptors (Lipinski definition) is 5. The summed E-state index contributed by atoms with van der Waals surface area (Å²) in [4.78, 5) is 38.0. The summed E-state index contributed by atoms with van der Waals surface area (Å²) in [5.74, 6) is -1.60. The molecule has 2 aliphatic rings. The van der Waals surface area contributed by atoms with Gasteiger partial charge in [-0.3, -0.25) is 4.79 Å². The smallest absolute Gasteiger partial charge is 0.407 e. The molecular formula is C26H30N2O6. The maximum atomic E-state index is 12.8. The van der Waals surface area contributed by atoms with E-state index in [1.54, 1.807) is 0 Å². The van der Waals surface area contributed by atoms with Crippen molar-refractivity contribution in [1.82, 2.24) is 10.2 Å². The second-order valence-corrected chi connectivity index (χ2v) is 8.95. The molecule has 2 amide bonds. The molecule has 2 aromatic rings. The molecule has 0 radical (unpaired) electrons. The lowest BCUT2D eigenvalue weighted by Gasteiger charge is -2.25. The van der Waals surface area contributed by atoms with Crippen LogP contribution in [0.15, 0.2) is 48.5 Å². The molecule has 2 aromatic carbocycles. The summed E-state index contributed by atoms with van der Waals surface area (Å²) in [5, 5.41) is 21.9. The predicted octanol–water partition coefficient (Wildman–Crippen LogP) is 3.13. The molecule has 4 rings (SSSR count). The monoisotopic (exact) mass is 466 g/mol. The molecule has 0 aromatic heterocycles. The third-order valence-corrected chi connectivity index (χ3v) is 6.61. The first-order chi connectivity index (χ1) is 16.4. The van der Waals surface area contributed by atoms with Crippen LogP contribution < -0.4 is 5.32 Å². The Morgan fingerprint density at radius 2 is 1.71 bits per heavy atom. The average Bonchev–Trinajstić information content (AvgIpc) is 3.36. The molecular weight excluding hydrogens is 436 g/mol. The topological polar surface area (TPSA) is 116 Å². The first-order valence-corrected chi connectivity index (χ1v) is 11.7. The van der Waals surface area contributed by atoms with Crippen molar-refractivity contribution in [2.24, 2.45) is 0 Å². The molecule has 3 atom stereocenters. The minimum absolute atomic E-state index is 0.0132. The van der Waals surface area contributed by atoms with Crippen LogP contribution in [-0.2, 0) is 14.3 Å². The van der Waals surface area contributed by atoms with Crippen LogP contribution in [0.2, 0.25) is 0 Å². The first kappa shape index (κ1) is 23.8. The molecule has 0 bridgehead atoms. The van der Waals surface area contributed by atoms with E-state index in [-0.39, 0.29) is 31.9 Å². The molecule has 1 aliphatic heterocycles. The van der Waals surface area contributed by atoms with Crippen molar-refractivity contribution in [3.05, 3.63) is 59.7 Å². The van der Waals surface area contributed by atoms with Gasteiger partial charge < -0.3 is 25.2 Å². The van der Waals surface area contributed by atoms with Crippen LogP contribution in [0.5, 0.6) is 0 Å². The molecule has 1 saturated heterocycles. The first-order valence-electron chi connectivity index (χ1n) is 11.7. The van der Waals surface area contributed by atoms with Crippen LogP contribution >= 0.6 is 0 Å². The number of aliphatic carboxylic acids is 1. The van der Waals surface area contributed by atoms with Crippen LogP contribution in [0, 0.1) is 0 Å². The quantitative estimate of drug-likeness (QED) is 0.551. The standard InChI is InChI=1S/C26H30N2O6/c1-2-7-16(12-24(30)28-14-17(29)13-23(28)25(31)32)27-26(33)34-15-22-20-10-5-3-8-18(20)19-9-4-6-11-21(19)22/h3-6,8-11,16-17,22-23,29H,2,7,12-15H2,1H3,(H,27,33)(H,31,32)/t16-,17-,23-/m1/s1. The Labute approximate surface area is 198 Å². The number of nitrogens with one attached hydrogen (secondary N) is 1. The Kier molecular flexibility index (Phi) is 7.17. The molecule has 8 nitrogen and oxygen atoms in total. The average molecular weight is 467 g/mol. The number of aliphatic hydroxyl groups is 1. The van der Waals surface area contributed by atoms with E-state index in [9.17, 15) is 24.6 Å². The largest absolute Gasteiger partial charge is 0.480 e. The van der Waals surface area contributed by atoms with E-state index >= 15 is 0 Å². The number of carboxylic acid groups (broad SMARTS) is 1. The van der Waals surface area contributed by atoms with Crippen LogP contribution in [0.25, 0.3) is 11.1 Å². The molecule has 1 aliphatic carbocycles. The van der Waals surface area contributed by atoms with Crippen LogP contribution in [-0.4, -0.2) is 64.4 Å². The Hall–Kier alpha value is -3.39. The van der Waals surface area contributed by atoms with Gasteiger partial charge in [0, 0.05) is 31.3 Å². The highest BCUT2D eigenvalue weighted by atomic mass is 16.5. The Balaban J connectivity index is 1.37. The van der Waals surface area contributed by atoms with Gasteiger partial charge in [0.25, 0.3) is 0 Å². The summed E-state index contributed by atoms with van der Waals surface area (Å²) in [6, 6.07) is 14.6. The summed E-state index contributed by atoms with van der Waals surface area (Å²) in [6.07, 6.45) is -0.223. The number of carbonyl (C=O) groups is 3. The van der Waals surface area contributed by atoms with E-state index in [1.807, 2.05) is 43.3 Å². The maximum Gasteiger partial charge on any atom is 0.407 e. The highest BCUT2D eigenvalue weighted by Gasteiger charge is 2.39. The van der Waals surface area contributed by atoms with Gasteiger partial charge in [0.1, 0.15) is 12.6 Å². The van der Waals surface area contributed by atoms with Crippen molar-refractivity contribution in [2.45, 2.75) is 56.7 Å². The van der Waals surface area contributed by atoms with Crippen molar-refractivity contribution in [3.8, 4) is 11.1 Å². The second-order valence-electron chi connectivity index (χ2n) is 8.95. The molecule has 0 unspecified atom stereocenters. The van der Waals surface area contributed by atoms with Crippen molar-refractivity contribution in [2.75, 3.05) is 13.2 Å². The second kappa shape index (κ2) is 10.3. The molecule has 0 saturated carbocycles. The Morgan fingerprint density at radius 1 is 1.09 bits per heavy atom. The summed E-state index contributed by atoms with van der Waals surface area (Å²) < 4.78 is 5.59. The fourth-order valence-corrected chi connectivity index (χ4v) is 5.03. The minimum atomic E-state index is -1.14. The summed E-state index contributed by atoms with van der Waals surface area (Å²) in [7, 11) is 0. The lowest BCUT2D eigenvalue weighted by molar-refractivity contribution is -0.148. The normalized spacial score (nSPS) is 19.9. The Bertz CT molecular complexity index is 1030. The van der Waals surface area contributed by atoms with Gasteiger partial charge >= 0.3 is 12.1 Å². The third kappa shape index (κ3) is 4.92. The number of β-amino-alcohol motifs (C(OH)–C–C–N with tert-alkyl or cyclic N) is 1. The minimum Gasteiger partial charge on any atom is -0.480 e. The number of aliphatic hydroxyl groups excluding tert-OH is 1. The zero-order chi connectivity index (χ0) is 24.2. The fourth-order valence-electron chi connectivity index (χ4n) is 5.03. The summed E-state index contributed by atoms with van der Waals surface area (Å²) >= 11 is 0. The fraction of sp³-hybridized carbons (Fsp3) is 0.423. The van der Waals surface area contributed by atoms with Crippen molar-refractivity contribution in [1.29, 1.82) is 0 Å². The Morgan fingerprint density at radius 3 is 2.29 bits per heavy atom. The molecule has 8 heteroatoms. The number of carboxylic acids is 1. The number of amides is 2. The summed E-state index contributed by atoms with van der Waals surface area (Å²) in [6.45, 7) is 2.10. The number of hydrogen-bond donors (Lipinski definition) is 3. The highest BCUT2D eigenvalue weighted by Crippen LogP contribution is 2.44. The number of alkyl carbamates (subject to hydrolysis) is 1. The van der Waals surface area contributed by atoms with E-state index in [1.165, 1.54) is 4.90 Å². The van der Waals surface area contributed by atoms with Gasteiger partial charge in [-0.25, -0.2) is 9.59 Å². The van der Waals surface area contributed by atoms with Crippen LogP contribution in [0.4, 0.5) is 4.79 Å². The van der Waals surface area contributed by atoms with Crippen molar-refractivity contribution >= 4 is 18.0 Å². The van der Waals surface area contributed by atoms with Gasteiger partial charge in [0.15, 0.2) is 0 Å². The molecule has 34 heavy (non-hydrogen) atoms. The van der Waals surface area contributed by atoms with Gasteiger partial charge in [0.05, 0.1) is 6.10 Å². The maximum absolute atomic E-state index is 12.8. The molecule has 180 valence electrons. The lowest BCUT2D eigenvalue weighted by atomic mass is 9.98.